The zero-order valence-electron chi connectivity index (χ0n) is 10.4. The van der Waals surface area contributed by atoms with Crippen LogP contribution in [0.2, 0.25) is 0 Å². The Morgan fingerprint density at radius 2 is 2.22 bits per heavy atom. The molecule has 0 spiro atoms. The summed E-state index contributed by atoms with van der Waals surface area (Å²) in [5.41, 5.74) is 6.55. The number of urea groups is 1. The summed E-state index contributed by atoms with van der Waals surface area (Å²) in [6.45, 7) is 2.32. The first-order valence-corrected chi connectivity index (χ1v) is 6.26. The second kappa shape index (κ2) is 6.21. The van der Waals surface area contributed by atoms with Gasteiger partial charge < -0.3 is 16.0 Å². The van der Waals surface area contributed by atoms with Crippen LogP contribution in [0.4, 0.5) is 4.79 Å². The molecule has 1 heterocycles. The highest BCUT2D eigenvalue weighted by atomic mass is 16.2. The third kappa shape index (κ3) is 3.34. The second-order valence-corrected chi connectivity index (χ2v) is 4.44. The van der Waals surface area contributed by atoms with Crippen LogP contribution >= 0.6 is 0 Å². The van der Waals surface area contributed by atoms with E-state index in [0.29, 0.717) is 6.54 Å². The van der Waals surface area contributed by atoms with Crippen molar-refractivity contribution in [2.45, 2.75) is 12.5 Å². The van der Waals surface area contributed by atoms with Gasteiger partial charge in [0.15, 0.2) is 0 Å². The molecule has 1 aliphatic heterocycles. The lowest BCUT2D eigenvalue weighted by Crippen LogP contribution is -2.55. The van der Waals surface area contributed by atoms with Crippen molar-refractivity contribution in [3.05, 3.63) is 42.0 Å². The Morgan fingerprint density at radius 3 is 2.94 bits per heavy atom. The number of amides is 2. The fraction of sp³-hybridized carbons (Fsp3) is 0.357. The average Bonchev–Trinajstić information content (AvgIpc) is 2.40. The molecule has 1 aromatic rings. The minimum atomic E-state index is -0.324. The molecule has 3 N–H and O–H groups in total. The molecular weight excluding hydrogens is 226 g/mol. The maximum absolute atomic E-state index is 11.3. The molecular formula is C14H19N3O. The molecule has 96 valence electrons. The second-order valence-electron chi connectivity index (χ2n) is 4.44. The molecule has 18 heavy (non-hydrogen) atoms. The fourth-order valence-electron chi connectivity index (χ4n) is 2.19. The van der Waals surface area contributed by atoms with E-state index < -0.39 is 0 Å². The van der Waals surface area contributed by atoms with Crippen LogP contribution in [0.3, 0.4) is 0 Å². The first-order chi connectivity index (χ1) is 8.77. The van der Waals surface area contributed by atoms with Crippen molar-refractivity contribution in [3.8, 4) is 0 Å². The summed E-state index contributed by atoms with van der Waals surface area (Å²) in [5.74, 6) is 0. The molecule has 1 aliphatic rings. The van der Waals surface area contributed by atoms with Gasteiger partial charge in [-0.3, -0.25) is 0 Å². The molecule has 0 saturated carbocycles. The quantitative estimate of drug-likeness (QED) is 0.846. The van der Waals surface area contributed by atoms with E-state index in [-0.39, 0.29) is 12.1 Å². The normalized spacial score (nSPS) is 20.2. The van der Waals surface area contributed by atoms with E-state index in [9.17, 15) is 4.79 Å². The standard InChI is InChI=1S/C14H19N3O/c15-14(18)17-10-9-16-11-13(17)8-4-7-12-5-2-1-3-6-12/h1-7,13,16H,8-11H2,(H2,15,18). The summed E-state index contributed by atoms with van der Waals surface area (Å²) in [6, 6.07) is 9.97. The zero-order valence-corrected chi connectivity index (χ0v) is 10.4. The molecule has 1 fully saturated rings. The van der Waals surface area contributed by atoms with Crippen LogP contribution in [0, 0.1) is 0 Å². The Bertz CT molecular complexity index is 416. The number of nitrogens with two attached hydrogens (primary N) is 1. The summed E-state index contributed by atoms with van der Waals surface area (Å²) in [7, 11) is 0. The van der Waals surface area contributed by atoms with Gasteiger partial charge in [-0.15, -0.1) is 0 Å². The van der Waals surface area contributed by atoms with E-state index in [1.54, 1.807) is 4.90 Å². The predicted molar refractivity (Wildman–Crippen MR) is 73.0 cm³/mol. The lowest BCUT2D eigenvalue weighted by Gasteiger charge is -2.34. The van der Waals surface area contributed by atoms with Gasteiger partial charge in [-0.2, -0.15) is 0 Å². The molecule has 0 aromatic heterocycles. The maximum atomic E-state index is 11.3. The maximum Gasteiger partial charge on any atom is 0.315 e. The molecule has 0 radical (unpaired) electrons. The molecule has 4 heteroatoms. The summed E-state index contributed by atoms with van der Waals surface area (Å²) < 4.78 is 0. The van der Waals surface area contributed by atoms with Crippen molar-refractivity contribution in [3.63, 3.8) is 0 Å². The SMILES string of the molecule is NC(=O)N1CCNCC1CC=Cc1ccccc1. The van der Waals surface area contributed by atoms with Crippen LogP contribution in [0.5, 0.6) is 0 Å². The van der Waals surface area contributed by atoms with Crippen molar-refractivity contribution in [1.29, 1.82) is 0 Å². The van der Waals surface area contributed by atoms with E-state index in [4.69, 9.17) is 5.73 Å². The number of carbonyl (C=O) groups excluding carboxylic acids is 1. The van der Waals surface area contributed by atoms with Crippen LogP contribution in [0.25, 0.3) is 6.08 Å². The molecule has 1 saturated heterocycles. The van der Waals surface area contributed by atoms with Crippen molar-refractivity contribution in [2.24, 2.45) is 5.73 Å². The number of piperazine rings is 1. The first kappa shape index (κ1) is 12.6. The number of nitrogens with zero attached hydrogens (tertiary/aromatic N) is 1. The highest BCUT2D eigenvalue weighted by Crippen LogP contribution is 2.09. The molecule has 1 aromatic carbocycles. The van der Waals surface area contributed by atoms with E-state index in [1.807, 2.05) is 18.2 Å². The summed E-state index contributed by atoms with van der Waals surface area (Å²) in [5, 5.41) is 3.29. The van der Waals surface area contributed by atoms with Gasteiger partial charge in [-0.05, 0) is 12.0 Å². The van der Waals surface area contributed by atoms with Gasteiger partial charge in [-0.1, -0.05) is 42.5 Å². The number of primary amides is 1. The third-order valence-corrected chi connectivity index (χ3v) is 3.15. The van der Waals surface area contributed by atoms with Crippen LogP contribution in [-0.2, 0) is 0 Å². The number of hydrogen-bond acceptors (Lipinski definition) is 2. The summed E-state index contributed by atoms with van der Waals surface area (Å²) in [4.78, 5) is 13.0. The van der Waals surface area contributed by atoms with Gasteiger partial charge in [0, 0.05) is 25.7 Å². The highest BCUT2D eigenvalue weighted by molar-refractivity contribution is 5.72. The van der Waals surface area contributed by atoms with E-state index in [0.717, 1.165) is 19.5 Å². The Balaban J connectivity index is 1.92. The minimum absolute atomic E-state index is 0.163. The van der Waals surface area contributed by atoms with Gasteiger partial charge >= 0.3 is 6.03 Å². The molecule has 2 amide bonds. The van der Waals surface area contributed by atoms with Gasteiger partial charge in [0.2, 0.25) is 0 Å². The number of hydrogen-bond donors (Lipinski definition) is 2. The number of nitrogens with one attached hydrogen (secondary N) is 1. The number of rotatable bonds is 3. The van der Waals surface area contributed by atoms with Gasteiger partial charge in [0.1, 0.15) is 0 Å². The molecule has 0 bridgehead atoms. The average molecular weight is 245 g/mol. The van der Waals surface area contributed by atoms with Crippen LogP contribution in [0.15, 0.2) is 36.4 Å². The molecule has 1 atom stereocenters. The number of carbonyl (C=O) groups is 1. The monoisotopic (exact) mass is 245 g/mol. The largest absolute Gasteiger partial charge is 0.351 e. The Morgan fingerprint density at radius 1 is 1.44 bits per heavy atom. The summed E-state index contributed by atoms with van der Waals surface area (Å²) >= 11 is 0. The molecule has 4 nitrogen and oxygen atoms in total. The van der Waals surface area contributed by atoms with Crippen molar-refractivity contribution in [1.82, 2.24) is 10.2 Å². The molecule has 0 aliphatic carbocycles. The molecule has 1 unspecified atom stereocenters. The first-order valence-electron chi connectivity index (χ1n) is 6.26. The predicted octanol–water partition coefficient (Wildman–Crippen LogP) is 1.44. The van der Waals surface area contributed by atoms with Crippen LogP contribution < -0.4 is 11.1 Å². The van der Waals surface area contributed by atoms with E-state index in [1.165, 1.54) is 5.56 Å². The minimum Gasteiger partial charge on any atom is -0.351 e. The van der Waals surface area contributed by atoms with Gasteiger partial charge in [0.25, 0.3) is 0 Å². The summed E-state index contributed by atoms with van der Waals surface area (Å²) in [6.07, 6.45) is 5.00. The highest BCUT2D eigenvalue weighted by Gasteiger charge is 2.23. The lowest BCUT2D eigenvalue weighted by molar-refractivity contribution is 0.167. The van der Waals surface area contributed by atoms with Crippen LogP contribution in [0.1, 0.15) is 12.0 Å². The smallest absolute Gasteiger partial charge is 0.315 e. The Hall–Kier alpha value is -1.81. The number of benzene rings is 1. The van der Waals surface area contributed by atoms with E-state index in [2.05, 4.69) is 29.6 Å². The fourth-order valence-corrected chi connectivity index (χ4v) is 2.19. The van der Waals surface area contributed by atoms with Crippen LogP contribution in [-0.4, -0.2) is 36.6 Å². The van der Waals surface area contributed by atoms with Crippen molar-refractivity contribution >= 4 is 12.1 Å². The van der Waals surface area contributed by atoms with Crippen molar-refractivity contribution in [2.75, 3.05) is 19.6 Å². The topological polar surface area (TPSA) is 58.4 Å². The Kier molecular flexibility index (Phi) is 4.36. The Labute approximate surface area is 107 Å². The molecule has 2 rings (SSSR count). The van der Waals surface area contributed by atoms with E-state index >= 15 is 0 Å². The van der Waals surface area contributed by atoms with Crippen molar-refractivity contribution < 1.29 is 4.79 Å². The zero-order chi connectivity index (χ0) is 12.8. The van der Waals surface area contributed by atoms with Gasteiger partial charge in [-0.25, -0.2) is 4.79 Å². The lowest BCUT2D eigenvalue weighted by atomic mass is 10.1. The third-order valence-electron chi connectivity index (χ3n) is 3.15. The van der Waals surface area contributed by atoms with Gasteiger partial charge in [0.05, 0.1) is 0 Å².